The number of rotatable bonds is 7. The summed E-state index contributed by atoms with van der Waals surface area (Å²) in [5.41, 5.74) is 2.98. The third-order valence-electron chi connectivity index (χ3n) is 6.52. The molecule has 1 unspecified atom stereocenters. The maximum Gasteiger partial charge on any atom is 0.227 e. The van der Waals surface area contributed by atoms with Crippen molar-refractivity contribution in [2.75, 3.05) is 19.6 Å². The summed E-state index contributed by atoms with van der Waals surface area (Å²) in [6, 6.07) is 9.10. The molecular weight excluding hydrogens is 348 g/mol. The van der Waals surface area contributed by atoms with E-state index in [-0.39, 0.29) is 23.1 Å². The summed E-state index contributed by atoms with van der Waals surface area (Å²) in [5, 5.41) is 2.91. The second-order valence-corrected chi connectivity index (χ2v) is 9.61. The van der Waals surface area contributed by atoms with Crippen LogP contribution in [0.3, 0.4) is 0 Å². The van der Waals surface area contributed by atoms with Crippen LogP contribution in [-0.2, 0) is 15.0 Å². The summed E-state index contributed by atoms with van der Waals surface area (Å²) in [6.45, 7) is 12.9. The molecule has 1 saturated heterocycles. The molecule has 154 valence electrons. The molecule has 2 fully saturated rings. The quantitative estimate of drug-likeness (QED) is 0.769. The fourth-order valence-electron chi connectivity index (χ4n) is 4.69. The van der Waals surface area contributed by atoms with Gasteiger partial charge in [0, 0.05) is 26.1 Å². The van der Waals surface area contributed by atoms with E-state index in [1.807, 2.05) is 11.8 Å². The summed E-state index contributed by atoms with van der Waals surface area (Å²) >= 11 is 0. The molecule has 28 heavy (non-hydrogen) atoms. The Labute approximate surface area is 170 Å². The van der Waals surface area contributed by atoms with E-state index in [9.17, 15) is 9.59 Å². The number of amides is 2. The van der Waals surface area contributed by atoms with Crippen LogP contribution in [0, 0.1) is 17.8 Å². The normalized spacial score (nSPS) is 24.6. The smallest absolute Gasteiger partial charge is 0.227 e. The Morgan fingerprint density at radius 2 is 1.71 bits per heavy atom. The fraction of sp³-hybridized carbons (Fsp3) is 0.667. The van der Waals surface area contributed by atoms with E-state index >= 15 is 0 Å². The lowest BCUT2D eigenvalue weighted by atomic mass is 9.86. The van der Waals surface area contributed by atoms with Crippen LogP contribution in [0.5, 0.6) is 0 Å². The first kappa shape index (κ1) is 20.9. The Hall–Kier alpha value is -1.84. The molecule has 1 heterocycles. The van der Waals surface area contributed by atoms with Crippen molar-refractivity contribution in [1.29, 1.82) is 0 Å². The molecule has 4 nitrogen and oxygen atoms in total. The fourth-order valence-corrected chi connectivity index (χ4v) is 4.69. The lowest BCUT2D eigenvalue weighted by Crippen LogP contribution is -2.41. The molecule has 1 saturated carbocycles. The summed E-state index contributed by atoms with van der Waals surface area (Å²) in [4.78, 5) is 26.6. The van der Waals surface area contributed by atoms with Gasteiger partial charge < -0.3 is 10.2 Å². The van der Waals surface area contributed by atoms with Crippen LogP contribution in [0.1, 0.15) is 70.9 Å². The number of hydrogen-bond acceptors (Lipinski definition) is 2. The number of fused-ring (bicyclic) bond motifs is 1. The van der Waals surface area contributed by atoms with Gasteiger partial charge >= 0.3 is 0 Å². The number of carbonyl (C=O) groups excluding carboxylic acids is 2. The minimum Gasteiger partial charge on any atom is -0.355 e. The van der Waals surface area contributed by atoms with Crippen LogP contribution in [0.15, 0.2) is 24.3 Å². The molecule has 1 aliphatic carbocycles. The van der Waals surface area contributed by atoms with Crippen molar-refractivity contribution in [3.63, 3.8) is 0 Å². The molecule has 0 radical (unpaired) electrons. The number of nitrogens with one attached hydrogen (secondary N) is 1. The van der Waals surface area contributed by atoms with Crippen molar-refractivity contribution in [3.8, 4) is 0 Å². The van der Waals surface area contributed by atoms with E-state index in [4.69, 9.17) is 0 Å². The molecule has 3 rings (SSSR count). The Morgan fingerprint density at radius 1 is 1.11 bits per heavy atom. The highest BCUT2D eigenvalue weighted by molar-refractivity contribution is 5.81. The highest BCUT2D eigenvalue weighted by atomic mass is 16.2. The minimum absolute atomic E-state index is 0.0249. The summed E-state index contributed by atoms with van der Waals surface area (Å²) in [5.74, 6) is 2.00. The van der Waals surface area contributed by atoms with Gasteiger partial charge in [-0.1, -0.05) is 65.3 Å². The molecule has 0 aromatic heterocycles. The van der Waals surface area contributed by atoms with Crippen molar-refractivity contribution in [1.82, 2.24) is 10.2 Å². The van der Waals surface area contributed by atoms with Crippen LogP contribution in [-0.4, -0.2) is 36.3 Å². The second-order valence-electron chi connectivity index (χ2n) is 9.61. The predicted octanol–water partition coefficient (Wildman–Crippen LogP) is 4.10. The van der Waals surface area contributed by atoms with Gasteiger partial charge in [0.05, 0.1) is 5.92 Å². The van der Waals surface area contributed by atoms with E-state index in [0.717, 1.165) is 25.9 Å². The molecule has 1 aromatic carbocycles. The zero-order chi connectivity index (χ0) is 20.5. The molecule has 4 atom stereocenters. The average molecular weight is 385 g/mol. The Balaban J connectivity index is 1.55. The molecule has 2 amide bonds. The summed E-state index contributed by atoms with van der Waals surface area (Å²) in [7, 11) is 0. The molecular formula is C24H36N2O2. The largest absolute Gasteiger partial charge is 0.355 e. The molecule has 2 aliphatic rings. The zero-order valence-corrected chi connectivity index (χ0v) is 18.1. The van der Waals surface area contributed by atoms with Gasteiger partial charge in [0.1, 0.15) is 0 Å². The highest BCUT2D eigenvalue weighted by Gasteiger charge is 2.57. The van der Waals surface area contributed by atoms with Gasteiger partial charge in [-0.3, -0.25) is 9.59 Å². The number of likely N-dealkylation sites (tertiary alicyclic amines) is 1. The first-order chi connectivity index (χ1) is 13.3. The van der Waals surface area contributed by atoms with Crippen molar-refractivity contribution < 1.29 is 9.59 Å². The summed E-state index contributed by atoms with van der Waals surface area (Å²) in [6.07, 6.45) is 2.27. The van der Waals surface area contributed by atoms with Gasteiger partial charge in [-0.15, -0.1) is 0 Å². The number of piperidine rings is 1. The van der Waals surface area contributed by atoms with Crippen LogP contribution in [0.4, 0.5) is 0 Å². The minimum atomic E-state index is -0.0810. The van der Waals surface area contributed by atoms with Gasteiger partial charge in [0.2, 0.25) is 11.8 Å². The van der Waals surface area contributed by atoms with Crippen molar-refractivity contribution >= 4 is 11.8 Å². The van der Waals surface area contributed by atoms with Crippen molar-refractivity contribution in [2.24, 2.45) is 17.8 Å². The second kappa shape index (κ2) is 8.26. The third kappa shape index (κ3) is 4.42. The Bertz CT molecular complexity index is 692. The van der Waals surface area contributed by atoms with Crippen molar-refractivity contribution in [2.45, 2.75) is 65.2 Å². The highest BCUT2D eigenvalue weighted by Crippen LogP contribution is 2.58. The maximum absolute atomic E-state index is 13.0. The molecule has 1 N–H and O–H groups in total. The SMILES string of the molecule is CCC[C@H](CNC(=O)CC)C(=O)N1C[C@@H]2C(c3ccc(C(C)(C)C)cc3)[C@@H]2C1. The first-order valence-electron chi connectivity index (χ1n) is 10.9. The Morgan fingerprint density at radius 3 is 2.21 bits per heavy atom. The number of benzene rings is 1. The number of hydrogen-bond donors (Lipinski definition) is 1. The van der Waals surface area contributed by atoms with E-state index in [1.165, 1.54) is 11.1 Å². The summed E-state index contributed by atoms with van der Waals surface area (Å²) < 4.78 is 0. The van der Waals surface area contributed by atoms with E-state index in [2.05, 4.69) is 57.3 Å². The average Bonchev–Trinajstić information content (AvgIpc) is 3.16. The van der Waals surface area contributed by atoms with Crippen molar-refractivity contribution in [3.05, 3.63) is 35.4 Å². The molecule has 1 aromatic rings. The lowest BCUT2D eigenvalue weighted by Gasteiger charge is -2.26. The van der Waals surface area contributed by atoms with Crippen LogP contribution >= 0.6 is 0 Å². The van der Waals surface area contributed by atoms with Gasteiger partial charge in [-0.25, -0.2) is 0 Å². The standard InChI is InChI=1S/C24H36N2O2/c1-6-8-17(13-25-21(27)7-2)23(28)26-14-19-20(15-26)22(19)16-9-11-18(12-10-16)24(3,4)5/h9-12,17,19-20,22H,6-8,13-15H2,1-5H3,(H,25,27)/t17-,19-,20+,22?/m1/s1. The maximum atomic E-state index is 13.0. The van der Waals surface area contributed by atoms with E-state index < -0.39 is 0 Å². The van der Waals surface area contributed by atoms with Gasteiger partial charge in [-0.2, -0.15) is 0 Å². The lowest BCUT2D eigenvalue weighted by molar-refractivity contribution is -0.135. The van der Waals surface area contributed by atoms with Crippen LogP contribution < -0.4 is 5.32 Å². The third-order valence-corrected chi connectivity index (χ3v) is 6.52. The van der Waals surface area contributed by atoms with Gasteiger partial charge in [-0.05, 0) is 40.7 Å². The predicted molar refractivity (Wildman–Crippen MR) is 113 cm³/mol. The first-order valence-corrected chi connectivity index (χ1v) is 10.9. The molecule has 0 spiro atoms. The monoisotopic (exact) mass is 384 g/mol. The Kier molecular flexibility index (Phi) is 6.16. The molecule has 4 heteroatoms. The van der Waals surface area contributed by atoms with Gasteiger partial charge in [0.15, 0.2) is 0 Å². The van der Waals surface area contributed by atoms with Crippen LogP contribution in [0.2, 0.25) is 0 Å². The van der Waals surface area contributed by atoms with E-state index in [1.54, 1.807) is 0 Å². The topological polar surface area (TPSA) is 49.4 Å². The van der Waals surface area contributed by atoms with Gasteiger partial charge in [0.25, 0.3) is 0 Å². The molecule has 0 bridgehead atoms. The number of nitrogens with zero attached hydrogens (tertiary/aromatic N) is 1. The zero-order valence-electron chi connectivity index (χ0n) is 18.1. The number of carbonyl (C=O) groups is 2. The molecule has 1 aliphatic heterocycles. The van der Waals surface area contributed by atoms with Crippen LogP contribution in [0.25, 0.3) is 0 Å². The van der Waals surface area contributed by atoms with E-state index in [0.29, 0.717) is 30.7 Å².